The molecule has 9 heteroatoms. The Labute approximate surface area is 150 Å². The van der Waals surface area contributed by atoms with E-state index in [1.165, 1.54) is 0 Å². The number of aliphatic carboxylic acids is 2. The van der Waals surface area contributed by atoms with E-state index in [9.17, 15) is 9.59 Å². The largest absolute Gasteiger partial charge is 0.480 e. The summed E-state index contributed by atoms with van der Waals surface area (Å²) in [7, 11) is 0. The average molecular weight is 513 g/mol. The molecule has 0 aromatic heterocycles. The van der Waals surface area contributed by atoms with Crippen molar-refractivity contribution in [3.8, 4) is 0 Å². The Morgan fingerprint density at radius 2 is 1.48 bits per heavy atom. The SMILES string of the molecule is CC(C)C1O[C@@H](CN)[C@H](CN)O1.O=C(O)C1(C(=O)O)CCC1.[Pt]. The monoisotopic (exact) mass is 513 g/mol. The summed E-state index contributed by atoms with van der Waals surface area (Å²) in [6.45, 7) is 5.06. The van der Waals surface area contributed by atoms with E-state index in [4.69, 9.17) is 31.2 Å². The fourth-order valence-corrected chi connectivity index (χ4v) is 2.33. The van der Waals surface area contributed by atoms with Gasteiger partial charge in [0.1, 0.15) is 12.2 Å². The third kappa shape index (κ3) is 5.22. The molecule has 0 spiro atoms. The first-order valence-corrected chi connectivity index (χ1v) is 7.46. The molecule has 0 aromatic rings. The average Bonchev–Trinajstić information content (AvgIpc) is 2.80. The van der Waals surface area contributed by atoms with Crippen LogP contribution in [0.5, 0.6) is 0 Å². The smallest absolute Gasteiger partial charge is 0.321 e. The van der Waals surface area contributed by atoms with Crippen LogP contribution >= 0.6 is 0 Å². The molecule has 0 amide bonds. The number of ether oxygens (including phenoxy) is 2. The molecule has 1 heterocycles. The molecule has 23 heavy (non-hydrogen) atoms. The van der Waals surface area contributed by atoms with Gasteiger partial charge < -0.3 is 31.2 Å². The van der Waals surface area contributed by atoms with Crippen LogP contribution in [0, 0.1) is 11.3 Å². The molecular formula is C14H26N2O6Pt. The summed E-state index contributed by atoms with van der Waals surface area (Å²) in [4.78, 5) is 20.7. The van der Waals surface area contributed by atoms with E-state index in [1.807, 2.05) is 0 Å². The van der Waals surface area contributed by atoms with Gasteiger partial charge in [-0.1, -0.05) is 13.8 Å². The van der Waals surface area contributed by atoms with Crippen LogP contribution in [0.15, 0.2) is 0 Å². The fourth-order valence-electron chi connectivity index (χ4n) is 2.33. The Balaban J connectivity index is 0.000000409. The molecule has 138 valence electrons. The molecule has 6 N–H and O–H groups in total. The van der Waals surface area contributed by atoms with Gasteiger partial charge in [-0.15, -0.1) is 0 Å². The number of carboxylic acids is 2. The van der Waals surface area contributed by atoms with Crippen LogP contribution in [0.4, 0.5) is 0 Å². The van der Waals surface area contributed by atoms with Crippen molar-refractivity contribution >= 4 is 11.9 Å². The van der Waals surface area contributed by atoms with E-state index in [1.54, 1.807) is 0 Å². The molecule has 1 aliphatic heterocycles. The third-order valence-electron chi connectivity index (χ3n) is 4.07. The molecule has 0 radical (unpaired) electrons. The van der Waals surface area contributed by atoms with Crippen LogP contribution in [0.1, 0.15) is 33.1 Å². The molecule has 1 saturated heterocycles. The van der Waals surface area contributed by atoms with Crippen molar-refractivity contribution < 1.29 is 50.3 Å². The van der Waals surface area contributed by atoms with Gasteiger partial charge in [0.2, 0.25) is 0 Å². The zero-order chi connectivity index (χ0) is 16.9. The fraction of sp³-hybridized carbons (Fsp3) is 0.857. The maximum absolute atomic E-state index is 10.4. The molecule has 2 atom stereocenters. The Morgan fingerprint density at radius 1 is 1.09 bits per heavy atom. The summed E-state index contributed by atoms with van der Waals surface area (Å²) in [5, 5.41) is 16.9. The van der Waals surface area contributed by atoms with Crippen molar-refractivity contribution in [3.63, 3.8) is 0 Å². The number of rotatable bonds is 5. The predicted octanol–water partition coefficient (Wildman–Crippen LogP) is -0.00670. The van der Waals surface area contributed by atoms with Gasteiger partial charge in [0, 0.05) is 40.1 Å². The topological polar surface area (TPSA) is 145 Å². The van der Waals surface area contributed by atoms with Crippen molar-refractivity contribution in [1.29, 1.82) is 0 Å². The second-order valence-corrected chi connectivity index (χ2v) is 5.98. The molecule has 1 saturated carbocycles. The van der Waals surface area contributed by atoms with Gasteiger partial charge in [-0.05, 0) is 19.3 Å². The standard InChI is InChI=1S/C8H18N2O2.C6H8O4.Pt/c1-5(2)8-11-6(3-9)7(4-10)12-8;7-4(8)6(5(9)10)2-1-3-6;/h5-8H,3-4,9-10H2,1-2H3;1-3H2,(H,7,8)(H,9,10);/t6-,7-;;/m0../s1. The minimum Gasteiger partial charge on any atom is -0.480 e. The van der Waals surface area contributed by atoms with Crippen LogP contribution in [0.3, 0.4) is 0 Å². The molecular weight excluding hydrogens is 487 g/mol. The molecule has 1 aliphatic carbocycles. The molecule has 2 rings (SSSR count). The summed E-state index contributed by atoms with van der Waals surface area (Å²) in [6, 6.07) is 0. The van der Waals surface area contributed by atoms with Crippen molar-refractivity contribution in [2.24, 2.45) is 22.8 Å². The van der Waals surface area contributed by atoms with Crippen molar-refractivity contribution in [2.75, 3.05) is 13.1 Å². The minimum absolute atomic E-state index is 0. The number of hydrogen-bond acceptors (Lipinski definition) is 6. The van der Waals surface area contributed by atoms with E-state index in [-0.39, 0.29) is 52.4 Å². The number of nitrogens with two attached hydrogens (primary N) is 2. The summed E-state index contributed by atoms with van der Waals surface area (Å²) in [5.41, 5.74) is 9.56. The first-order valence-electron chi connectivity index (χ1n) is 7.46. The zero-order valence-electron chi connectivity index (χ0n) is 13.3. The van der Waals surface area contributed by atoms with Crippen molar-refractivity contribution in [1.82, 2.24) is 0 Å². The van der Waals surface area contributed by atoms with E-state index in [0.717, 1.165) is 0 Å². The normalized spacial score (nSPS) is 25.8. The maximum atomic E-state index is 10.4. The Morgan fingerprint density at radius 3 is 1.61 bits per heavy atom. The van der Waals surface area contributed by atoms with Gasteiger partial charge in [0.15, 0.2) is 11.7 Å². The first-order chi connectivity index (χ1) is 10.3. The number of hydrogen-bond donors (Lipinski definition) is 4. The number of carbonyl (C=O) groups is 2. The van der Waals surface area contributed by atoms with Crippen LogP contribution in [0.2, 0.25) is 0 Å². The van der Waals surface area contributed by atoms with E-state index in [2.05, 4.69) is 13.8 Å². The van der Waals surface area contributed by atoms with Crippen LogP contribution in [-0.4, -0.2) is 53.7 Å². The summed E-state index contributed by atoms with van der Waals surface area (Å²) in [5.74, 6) is -2.05. The molecule has 0 aromatic carbocycles. The Bertz CT molecular complexity index is 375. The molecule has 8 nitrogen and oxygen atoms in total. The summed E-state index contributed by atoms with van der Waals surface area (Å²) < 4.78 is 11.1. The van der Waals surface area contributed by atoms with Gasteiger partial charge in [-0.2, -0.15) is 0 Å². The molecule has 0 bridgehead atoms. The van der Waals surface area contributed by atoms with Gasteiger partial charge in [0.05, 0.1) is 0 Å². The van der Waals surface area contributed by atoms with E-state index >= 15 is 0 Å². The van der Waals surface area contributed by atoms with Gasteiger partial charge in [-0.3, -0.25) is 9.59 Å². The van der Waals surface area contributed by atoms with Crippen molar-refractivity contribution in [3.05, 3.63) is 0 Å². The predicted molar refractivity (Wildman–Crippen MR) is 78.0 cm³/mol. The van der Waals surface area contributed by atoms with Gasteiger partial charge in [-0.25, -0.2) is 0 Å². The minimum atomic E-state index is -1.44. The van der Waals surface area contributed by atoms with Crippen molar-refractivity contribution in [2.45, 2.75) is 51.6 Å². The van der Waals surface area contributed by atoms with E-state index in [0.29, 0.717) is 25.4 Å². The first kappa shape index (κ1) is 22.5. The van der Waals surface area contributed by atoms with Crippen LogP contribution < -0.4 is 11.5 Å². The number of carboxylic acid groups (broad SMARTS) is 2. The summed E-state index contributed by atoms with van der Waals surface area (Å²) >= 11 is 0. The van der Waals surface area contributed by atoms with Gasteiger partial charge >= 0.3 is 11.9 Å². The molecule has 2 fully saturated rings. The summed E-state index contributed by atoms with van der Waals surface area (Å²) in [6.07, 6.45) is 1.07. The second-order valence-electron chi connectivity index (χ2n) is 5.98. The third-order valence-corrected chi connectivity index (χ3v) is 4.07. The molecule has 0 unspecified atom stereocenters. The quantitative estimate of drug-likeness (QED) is 0.376. The van der Waals surface area contributed by atoms with E-state index < -0.39 is 17.4 Å². The maximum Gasteiger partial charge on any atom is 0.321 e. The Hall–Kier alpha value is -0.532. The Kier molecular flexibility index (Phi) is 9.46. The van der Waals surface area contributed by atoms with Crippen LogP contribution in [-0.2, 0) is 40.1 Å². The van der Waals surface area contributed by atoms with Gasteiger partial charge in [0.25, 0.3) is 0 Å². The zero-order valence-corrected chi connectivity index (χ0v) is 15.6. The molecule has 2 aliphatic rings. The second kappa shape index (κ2) is 9.69. The van der Waals surface area contributed by atoms with Crippen LogP contribution in [0.25, 0.3) is 0 Å².